The first kappa shape index (κ1) is 52.6. The fourth-order valence-corrected chi connectivity index (χ4v) is 12.0. The first-order valence-electron chi connectivity index (χ1n) is 24.4. The average Bonchev–Trinajstić information content (AvgIpc) is 3.09. The molecule has 8 unspecified atom stereocenters. The fraction of sp³-hybridized carbons (Fsp3) is 0.960. The normalized spacial score (nSPS) is 31.3. The van der Waals surface area contributed by atoms with E-state index in [0.29, 0.717) is 59.2 Å². The highest BCUT2D eigenvalue weighted by molar-refractivity contribution is 5.64. The van der Waals surface area contributed by atoms with Crippen LogP contribution in [0.15, 0.2) is 0 Å². The summed E-state index contributed by atoms with van der Waals surface area (Å²) in [6.07, 6.45) is 18.1. The highest BCUT2D eigenvalue weighted by Crippen LogP contribution is 2.54. The molecule has 2 heterocycles. The van der Waals surface area contributed by atoms with Crippen LogP contribution in [0.3, 0.4) is 0 Å². The zero-order valence-corrected chi connectivity index (χ0v) is 41.1. The molecule has 2 saturated heterocycles. The lowest BCUT2D eigenvalue weighted by molar-refractivity contribution is -0.152. The van der Waals surface area contributed by atoms with Crippen molar-refractivity contribution in [3.63, 3.8) is 0 Å². The van der Waals surface area contributed by atoms with E-state index in [1.165, 1.54) is 38.5 Å². The molecule has 8 nitrogen and oxygen atoms in total. The van der Waals surface area contributed by atoms with Gasteiger partial charge in [0.25, 0.3) is 0 Å². The number of hydrogen-bond donors (Lipinski definition) is 4. The van der Waals surface area contributed by atoms with E-state index in [2.05, 4.69) is 132 Å². The van der Waals surface area contributed by atoms with Crippen LogP contribution in [0.1, 0.15) is 226 Å². The number of unbranched alkanes of at least 4 members (excludes halogenated alkanes) is 3. The van der Waals surface area contributed by atoms with Crippen molar-refractivity contribution < 1.29 is 19.8 Å². The molecule has 2 rings (SSSR count). The molecule has 2 amide bonds. The quantitative estimate of drug-likeness (QED) is 0.0684. The Bertz CT molecular complexity index is 1130. The van der Waals surface area contributed by atoms with Gasteiger partial charge in [0.05, 0.1) is 0 Å². The minimum atomic E-state index is -0.937. The second-order valence-corrected chi connectivity index (χ2v) is 23.3. The van der Waals surface area contributed by atoms with Gasteiger partial charge >= 0.3 is 12.2 Å². The second kappa shape index (κ2) is 23.1. The number of carbonyl (C=O) groups is 2. The van der Waals surface area contributed by atoms with E-state index in [1.54, 1.807) is 0 Å². The van der Waals surface area contributed by atoms with Crippen LogP contribution >= 0.6 is 0 Å². The molecule has 342 valence electrons. The minimum Gasteiger partial charge on any atom is -0.464 e. The Labute approximate surface area is 359 Å². The molecule has 2 aliphatic rings. The van der Waals surface area contributed by atoms with Gasteiger partial charge in [-0.3, -0.25) is 10.9 Å². The molecular weight excluding hydrogens is 721 g/mol. The number of nitrogens with zero attached hydrogens (tertiary/aromatic N) is 2. The van der Waals surface area contributed by atoms with Crippen LogP contribution in [-0.4, -0.2) is 54.6 Å². The minimum absolute atomic E-state index is 0.229. The summed E-state index contributed by atoms with van der Waals surface area (Å²) in [7, 11) is 0. The Morgan fingerprint density at radius 1 is 0.500 bits per heavy atom. The van der Waals surface area contributed by atoms with E-state index in [-0.39, 0.29) is 22.2 Å². The van der Waals surface area contributed by atoms with E-state index in [1.807, 2.05) is 0 Å². The fourth-order valence-electron chi connectivity index (χ4n) is 12.0. The number of hydrogen-bond acceptors (Lipinski definition) is 4. The molecule has 8 atom stereocenters. The molecule has 0 aromatic rings. The molecule has 4 N–H and O–H groups in total. The van der Waals surface area contributed by atoms with Gasteiger partial charge in [0.1, 0.15) is 0 Å². The van der Waals surface area contributed by atoms with Gasteiger partial charge in [-0.1, -0.05) is 122 Å². The van der Waals surface area contributed by atoms with Gasteiger partial charge in [0.2, 0.25) is 0 Å². The number of hydrazine groups is 2. The maximum Gasteiger partial charge on any atom is 0.419 e. The summed E-state index contributed by atoms with van der Waals surface area (Å²) >= 11 is 0. The standard InChI is InChI=1S/C50H98N4O4/c1-35(2)23-27-47(13)33-41(43(31-39(9)10)49(15,29-25-37(5)6)53(47)51-45(55)56)21-19-17-18-20-22-42-34-48(14,28-24-36(3)4)54(52-46(57)58)50(16,30-26-38(7)8)44(42)32-40(11)12/h35-44,51-52H,17-34H2,1-16H3,(H,55,56)(H,57,58). The topological polar surface area (TPSA) is 105 Å². The van der Waals surface area contributed by atoms with Crippen molar-refractivity contribution in [3.05, 3.63) is 0 Å². The number of nitrogens with one attached hydrogen (secondary N) is 2. The van der Waals surface area contributed by atoms with E-state index in [9.17, 15) is 19.8 Å². The molecule has 58 heavy (non-hydrogen) atoms. The number of amides is 2. The predicted molar refractivity (Wildman–Crippen MR) is 246 cm³/mol. The summed E-state index contributed by atoms with van der Waals surface area (Å²) in [4.78, 5) is 24.9. The third-order valence-electron chi connectivity index (χ3n) is 15.0. The first-order chi connectivity index (χ1) is 26.8. The first-order valence-corrected chi connectivity index (χ1v) is 24.4. The molecule has 2 aliphatic heterocycles. The van der Waals surface area contributed by atoms with Crippen molar-refractivity contribution in [3.8, 4) is 0 Å². The molecule has 2 fully saturated rings. The summed E-state index contributed by atoms with van der Waals surface area (Å²) in [5, 5.41) is 24.9. The van der Waals surface area contributed by atoms with E-state index >= 15 is 0 Å². The smallest absolute Gasteiger partial charge is 0.419 e. The zero-order valence-electron chi connectivity index (χ0n) is 41.1. The SMILES string of the molecule is CC(C)CCC1(C)CC(CCCCCCC2CC(C)(CCC(C)C)N(NC(=O)O)C(C)(CCC(C)C)C2CC(C)C)C(CC(C)C)C(C)(CCC(C)C)N1NC(=O)O. The van der Waals surface area contributed by atoms with Gasteiger partial charge in [-0.2, -0.15) is 0 Å². The van der Waals surface area contributed by atoms with Gasteiger partial charge in [-0.15, -0.1) is 0 Å². The Morgan fingerprint density at radius 3 is 1.05 bits per heavy atom. The van der Waals surface area contributed by atoms with Crippen LogP contribution in [0.2, 0.25) is 0 Å². The molecule has 0 aliphatic carbocycles. The summed E-state index contributed by atoms with van der Waals surface area (Å²) in [6, 6.07) is 0. The van der Waals surface area contributed by atoms with Gasteiger partial charge in [0, 0.05) is 22.2 Å². The highest BCUT2D eigenvalue weighted by atomic mass is 16.4. The Kier molecular flexibility index (Phi) is 20.9. The number of piperidine rings is 2. The lowest BCUT2D eigenvalue weighted by Gasteiger charge is -2.62. The predicted octanol–water partition coefficient (Wildman–Crippen LogP) is 14.4. The zero-order chi connectivity index (χ0) is 44.2. The van der Waals surface area contributed by atoms with Crippen LogP contribution in [0.25, 0.3) is 0 Å². The Hall–Kier alpha value is -1.54. The summed E-state index contributed by atoms with van der Waals surface area (Å²) in [5.41, 5.74) is 5.10. The largest absolute Gasteiger partial charge is 0.464 e. The molecular formula is C50H98N4O4. The number of rotatable bonds is 25. The van der Waals surface area contributed by atoms with Crippen molar-refractivity contribution in [2.45, 2.75) is 249 Å². The van der Waals surface area contributed by atoms with Gasteiger partial charge in [0.15, 0.2) is 0 Å². The van der Waals surface area contributed by atoms with Crippen molar-refractivity contribution in [1.82, 2.24) is 20.9 Å². The van der Waals surface area contributed by atoms with Crippen molar-refractivity contribution in [2.24, 2.45) is 59.2 Å². The monoisotopic (exact) mass is 819 g/mol. The van der Waals surface area contributed by atoms with Crippen LogP contribution in [0.4, 0.5) is 9.59 Å². The Morgan fingerprint density at radius 2 is 0.793 bits per heavy atom. The van der Waals surface area contributed by atoms with Crippen LogP contribution in [0, 0.1) is 59.2 Å². The molecule has 0 radical (unpaired) electrons. The van der Waals surface area contributed by atoms with Crippen molar-refractivity contribution in [2.75, 3.05) is 0 Å². The lowest BCUT2D eigenvalue weighted by atomic mass is 9.60. The van der Waals surface area contributed by atoms with Gasteiger partial charge in [-0.25, -0.2) is 19.6 Å². The van der Waals surface area contributed by atoms with Crippen LogP contribution in [-0.2, 0) is 0 Å². The highest BCUT2D eigenvalue weighted by Gasteiger charge is 2.57. The maximum atomic E-state index is 12.5. The molecule has 0 saturated carbocycles. The maximum absolute atomic E-state index is 12.5. The van der Waals surface area contributed by atoms with Crippen molar-refractivity contribution in [1.29, 1.82) is 0 Å². The third kappa shape index (κ3) is 15.1. The summed E-state index contributed by atoms with van der Waals surface area (Å²) in [6.45, 7) is 37.2. The summed E-state index contributed by atoms with van der Waals surface area (Å²) < 4.78 is 0. The number of carboxylic acid groups (broad SMARTS) is 2. The second-order valence-electron chi connectivity index (χ2n) is 23.3. The van der Waals surface area contributed by atoms with Crippen LogP contribution < -0.4 is 10.9 Å². The molecule has 0 bridgehead atoms. The van der Waals surface area contributed by atoms with Gasteiger partial charge < -0.3 is 10.2 Å². The van der Waals surface area contributed by atoms with E-state index in [4.69, 9.17) is 0 Å². The third-order valence-corrected chi connectivity index (χ3v) is 15.0. The van der Waals surface area contributed by atoms with Crippen molar-refractivity contribution >= 4 is 12.2 Å². The van der Waals surface area contributed by atoms with Gasteiger partial charge in [-0.05, 0) is 164 Å². The molecule has 0 spiro atoms. The van der Waals surface area contributed by atoms with E-state index < -0.39 is 12.2 Å². The molecule has 0 aromatic heterocycles. The van der Waals surface area contributed by atoms with E-state index in [0.717, 1.165) is 77.0 Å². The summed E-state index contributed by atoms with van der Waals surface area (Å²) in [5.74, 6) is 5.34. The molecule has 8 heteroatoms. The molecule has 0 aromatic carbocycles. The lowest BCUT2D eigenvalue weighted by Crippen LogP contribution is -2.72. The Balaban J connectivity index is 2.37. The van der Waals surface area contributed by atoms with Crippen LogP contribution in [0.5, 0.6) is 0 Å². The average molecular weight is 819 g/mol.